The van der Waals surface area contributed by atoms with Crippen LogP contribution in [0.4, 0.5) is 5.69 Å². The van der Waals surface area contributed by atoms with Gasteiger partial charge in [0.2, 0.25) is 5.91 Å². The van der Waals surface area contributed by atoms with Crippen molar-refractivity contribution in [3.8, 4) is 17.1 Å². The molecule has 0 aliphatic rings. The molecule has 0 unspecified atom stereocenters. The Bertz CT molecular complexity index is 1270. The number of aryl methyl sites for hydroxylation is 1. The summed E-state index contributed by atoms with van der Waals surface area (Å²) in [7, 11) is 0. The van der Waals surface area contributed by atoms with Gasteiger partial charge >= 0.3 is 0 Å². The fourth-order valence-corrected chi connectivity index (χ4v) is 4.54. The Morgan fingerprint density at radius 1 is 1.03 bits per heavy atom. The third-order valence-corrected chi connectivity index (χ3v) is 7.01. The second-order valence-electron chi connectivity index (χ2n) is 8.23. The number of carbonyl (C=O) groups is 1. The largest absolute Gasteiger partial charge is 0.325 e. The van der Waals surface area contributed by atoms with E-state index in [0.29, 0.717) is 21.9 Å². The SMILES string of the molecule is CC[C@H](C)c1ccc(NC(=O)CSc2nnc(-c3ccccc3Cl)n2-c2ccc(C)cc2)cc1. The molecule has 0 radical (unpaired) electrons. The van der Waals surface area contributed by atoms with E-state index in [-0.39, 0.29) is 11.7 Å². The van der Waals surface area contributed by atoms with Crippen LogP contribution in [0.1, 0.15) is 37.3 Å². The first-order valence-corrected chi connectivity index (χ1v) is 12.6. The number of hydrogen-bond acceptors (Lipinski definition) is 4. The predicted octanol–water partition coefficient (Wildman–Crippen LogP) is 7.14. The summed E-state index contributed by atoms with van der Waals surface area (Å²) < 4.78 is 1.94. The van der Waals surface area contributed by atoms with E-state index in [2.05, 4.69) is 41.5 Å². The number of amides is 1. The lowest BCUT2D eigenvalue weighted by atomic mass is 9.99. The van der Waals surface area contributed by atoms with Crippen molar-refractivity contribution < 1.29 is 4.79 Å². The van der Waals surface area contributed by atoms with Gasteiger partial charge in [-0.25, -0.2) is 0 Å². The molecule has 0 spiro atoms. The Labute approximate surface area is 209 Å². The highest BCUT2D eigenvalue weighted by Gasteiger charge is 2.19. The molecule has 174 valence electrons. The Kier molecular flexibility index (Phi) is 7.70. The van der Waals surface area contributed by atoms with Gasteiger partial charge in [-0.1, -0.05) is 79.2 Å². The molecular formula is C27H27ClN4OS. The minimum atomic E-state index is -0.0981. The van der Waals surface area contributed by atoms with Gasteiger partial charge in [0.1, 0.15) is 0 Å². The van der Waals surface area contributed by atoms with Crippen LogP contribution >= 0.6 is 23.4 Å². The van der Waals surface area contributed by atoms with E-state index in [1.165, 1.54) is 17.3 Å². The number of rotatable bonds is 8. The van der Waals surface area contributed by atoms with Crippen LogP contribution in [-0.2, 0) is 4.79 Å². The van der Waals surface area contributed by atoms with Crippen LogP contribution in [0.2, 0.25) is 5.02 Å². The van der Waals surface area contributed by atoms with E-state index in [0.717, 1.165) is 28.9 Å². The molecule has 4 rings (SSSR count). The maximum atomic E-state index is 12.7. The minimum absolute atomic E-state index is 0.0981. The van der Waals surface area contributed by atoms with Gasteiger partial charge in [-0.05, 0) is 61.2 Å². The number of hydrogen-bond donors (Lipinski definition) is 1. The molecule has 0 aliphatic heterocycles. The standard InChI is InChI=1S/C27H27ClN4OS/c1-4-19(3)20-11-13-21(14-12-20)29-25(33)17-34-27-31-30-26(23-7-5-6-8-24(23)28)32(27)22-15-9-18(2)10-16-22/h5-16,19H,4,17H2,1-3H3,(H,29,33)/t19-/m0/s1. The van der Waals surface area contributed by atoms with Crippen LogP contribution in [0.15, 0.2) is 78.0 Å². The second-order valence-corrected chi connectivity index (χ2v) is 9.57. The summed E-state index contributed by atoms with van der Waals surface area (Å²) in [4.78, 5) is 12.7. The number of nitrogens with one attached hydrogen (secondary N) is 1. The van der Waals surface area contributed by atoms with Crippen LogP contribution < -0.4 is 5.32 Å². The molecule has 1 heterocycles. The first-order valence-electron chi connectivity index (χ1n) is 11.3. The second kappa shape index (κ2) is 10.9. The molecule has 1 atom stereocenters. The van der Waals surface area contributed by atoms with Crippen LogP contribution in [0.3, 0.4) is 0 Å². The van der Waals surface area contributed by atoms with Gasteiger partial charge in [0, 0.05) is 16.9 Å². The average Bonchev–Trinajstić information content (AvgIpc) is 3.27. The molecule has 0 fully saturated rings. The van der Waals surface area contributed by atoms with Crippen molar-refractivity contribution in [2.75, 3.05) is 11.1 Å². The Balaban J connectivity index is 1.54. The molecule has 1 aromatic heterocycles. The fraction of sp³-hybridized carbons (Fsp3) is 0.222. The molecule has 0 bridgehead atoms. The number of anilines is 1. The third-order valence-electron chi connectivity index (χ3n) is 5.75. The lowest BCUT2D eigenvalue weighted by Crippen LogP contribution is -2.14. The highest BCUT2D eigenvalue weighted by Crippen LogP contribution is 2.32. The summed E-state index contributed by atoms with van der Waals surface area (Å²) >= 11 is 7.80. The highest BCUT2D eigenvalue weighted by atomic mass is 35.5. The van der Waals surface area contributed by atoms with Gasteiger partial charge in [-0.15, -0.1) is 10.2 Å². The van der Waals surface area contributed by atoms with E-state index in [9.17, 15) is 4.79 Å². The van der Waals surface area contributed by atoms with Gasteiger partial charge in [-0.3, -0.25) is 9.36 Å². The van der Waals surface area contributed by atoms with Crippen LogP contribution in [0, 0.1) is 6.92 Å². The zero-order valence-corrected chi connectivity index (χ0v) is 21.0. The van der Waals surface area contributed by atoms with Crippen molar-refractivity contribution in [1.29, 1.82) is 0 Å². The first-order chi connectivity index (χ1) is 16.5. The molecule has 1 amide bonds. The number of carbonyl (C=O) groups excluding carboxylic acids is 1. The van der Waals surface area contributed by atoms with Gasteiger partial charge in [0.05, 0.1) is 10.8 Å². The van der Waals surface area contributed by atoms with E-state index in [1.54, 1.807) is 0 Å². The van der Waals surface area contributed by atoms with Crippen LogP contribution in [-0.4, -0.2) is 26.4 Å². The average molecular weight is 491 g/mol. The molecule has 0 saturated carbocycles. The first kappa shape index (κ1) is 24.0. The quantitative estimate of drug-likeness (QED) is 0.266. The van der Waals surface area contributed by atoms with Crippen molar-refractivity contribution in [3.63, 3.8) is 0 Å². The zero-order valence-electron chi connectivity index (χ0n) is 19.5. The number of aromatic nitrogens is 3. The maximum Gasteiger partial charge on any atom is 0.234 e. The van der Waals surface area contributed by atoms with Crippen molar-refractivity contribution in [3.05, 3.63) is 88.9 Å². The number of thioether (sulfide) groups is 1. The van der Waals surface area contributed by atoms with Crippen LogP contribution in [0.5, 0.6) is 0 Å². The summed E-state index contributed by atoms with van der Waals surface area (Å²) in [6.07, 6.45) is 1.08. The molecule has 34 heavy (non-hydrogen) atoms. The number of nitrogens with zero attached hydrogens (tertiary/aromatic N) is 3. The van der Waals surface area contributed by atoms with E-state index >= 15 is 0 Å². The van der Waals surface area contributed by atoms with Crippen molar-refractivity contribution in [2.24, 2.45) is 0 Å². The van der Waals surface area contributed by atoms with Crippen molar-refractivity contribution in [1.82, 2.24) is 14.8 Å². The number of halogens is 1. The Morgan fingerprint density at radius 3 is 2.41 bits per heavy atom. The van der Waals surface area contributed by atoms with Gasteiger partial charge in [0.15, 0.2) is 11.0 Å². The summed E-state index contributed by atoms with van der Waals surface area (Å²) in [5, 5.41) is 13.0. The molecule has 1 N–H and O–H groups in total. The lowest BCUT2D eigenvalue weighted by molar-refractivity contribution is -0.113. The predicted molar refractivity (Wildman–Crippen MR) is 141 cm³/mol. The van der Waals surface area contributed by atoms with Crippen LogP contribution in [0.25, 0.3) is 17.1 Å². The topological polar surface area (TPSA) is 59.8 Å². The van der Waals surface area contributed by atoms with Crippen molar-refractivity contribution in [2.45, 2.75) is 38.3 Å². The molecule has 0 saturated heterocycles. The van der Waals surface area contributed by atoms with Gasteiger partial charge in [-0.2, -0.15) is 0 Å². The molecular weight excluding hydrogens is 464 g/mol. The maximum absolute atomic E-state index is 12.7. The number of benzene rings is 3. The molecule has 0 aliphatic carbocycles. The lowest BCUT2D eigenvalue weighted by Gasteiger charge is -2.12. The fourth-order valence-electron chi connectivity index (χ4n) is 3.56. The third kappa shape index (κ3) is 5.51. The van der Waals surface area contributed by atoms with Gasteiger partial charge in [0.25, 0.3) is 0 Å². The van der Waals surface area contributed by atoms with E-state index < -0.39 is 0 Å². The summed E-state index contributed by atoms with van der Waals surface area (Å²) in [5.74, 6) is 1.25. The Hall–Kier alpha value is -3.09. The summed E-state index contributed by atoms with van der Waals surface area (Å²) in [6.45, 7) is 6.41. The van der Waals surface area contributed by atoms with E-state index in [1.807, 2.05) is 72.2 Å². The minimum Gasteiger partial charge on any atom is -0.325 e. The smallest absolute Gasteiger partial charge is 0.234 e. The summed E-state index contributed by atoms with van der Waals surface area (Å²) in [6, 6.07) is 23.7. The zero-order chi connectivity index (χ0) is 24.1. The normalized spacial score (nSPS) is 11.9. The summed E-state index contributed by atoms with van der Waals surface area (Å²) in [5.41, 5.74) is 4.91. The molecule has 7 heteroatoms. The van der Waals surface area contributed by atoms with E-state index in [4.69, 9.17) is 11.6 Å². The molecule has 4 aromatic rings. The molecule has 5 nitrogen and oxygen atoms in total. The molecule has 3 aromatic carbocycles. The highest BCUT2D eigenvalue weighted by molar-refractivity contribution is 7.99. The Morgan fingerprint density at radius 2 is 1.74 bits per heavy atom. The van der Waals surface area contributed by atoms with Gasteiger partial charge < -0.3 is 5.32 Å². The monoisotopic (exact) mass is 490 g/mol. The van der Waals surface area contributed by atoms with Crippen molar-refractivity contribution >= 4 is 35.0 Å².